The second kappa shape index (κ2) is 10.6. The Balaban J connectivity index is 1.62. The van der Waals surface area contributed by atoms with Crippen molar-refractivity contribution in [2.24, 2.45) is 10.1 Å². The van der Waals surface area contributed by atoms with Gasteiger partial charge < -0.3 is 14.2 Å². The summed E-state index contributed by atoms with van der Waals surface area (Å²) >= 11 is 0.732. The molecule has 2 aliphatic rings. The molecular formula is C24H22N4O7S2. The standard InChI is InChI=1S/C24H22N4O7S2/c1-4-34-19-12-14(9-10-18(19)35-22(30)15-7-6-8-16(13-15)33-3)11-17-20(25)28-23(26-21(17)29)36-24(27-28)37(31,32)5-2/h6-13,25H,4-5H2,1-3H3. The maximum absolute atomic E-state index is 12.7. The van der Waals surface area contributed by atoms with E-state index in [9.17, 15) is 18.0 Å². The maximum Gasteiger partial charge on any atom is 0.343 e. The van der Waals surface area contributed by atoms with Crippen molar-refractivity contribution < 1.29 is 32.2 Å². The van der Waals surface area contributed by atoms with E-state index in [1.54, 1.807) is 43.3 Å². The molecule has 37 heavy (non-hydrogen) atoms. The number of methoxy groups -OCH3 is 1. The molecule has 0 aliphatic carbocycles. The number of nitrogens with one attached hydrogen (secondary N) is 1. The van der Waals surface area contributed by atoms with Crippen molar-refractivity contribution in [2.75, 3.05) is 19.5 Å². The summed E-state index contributed by atoms with van der Waals surface area (Å²) in [4.78, 5) is 29.2. The van der Waals surface area contributed by atoms with Gasteiger partial charge in [-0.15, -0.1) is 5.10 Å². The third kappa shape index (κ3) is 5.42. The molecule has 2 heterocycles. The Hall–Kier alpha value is -3.97. The first-order chi connectivity index (χ1) is 17.7. The van der Waals surface area contributed by atoms with Crippen molar-refractivity contribution in [3.63, 3.8) is 0 Å². The lowest BCUT2D eigenvalue weighted by Gasteiger charge is -2.20. The highest BCUT2D eigenvalue weighted by molar-refractivity contribution is 8.42. The van der Waals surface area contributed by atoms with Crippen LogP contribution in [0, 0.1) is 5.41 Å². The number of aliphatic imine (C=N–C) groups is 1. The highest BCUT2D eigenvalue weighted by Gasteiger charge is 2.39. The van der Waals surface area contributed by atoms with Crippen LogP contribution in [0.3, 0.4) is 0 Å². The van der Waals surface area contributed by atoms with Gasteiger partial charge in [-0.3, -0.25) is 10.2 Å². The van der Waals surface area contributed by atoms with Gasteiger partial charge in [-0.05, 0) is 60.7 Å². The van der Waals surface area contributed by atoms with Crippen molar-refractivity contribution in [1.29, 1.82) is 5.41 Å². The lowest BCUT2D eigenvalue weighted by molar-refractivity contribution is -0.114. The van der Waals surface area contributed by atoms with E-state index >= 15 is 0 Å². The summed E-state index contributed by atoms with van der Waals surface area (Å²) in [6.45, 7) is 3.52. The Kier molecular flexibility index (Phi) is 7.45. The summed E-state index contributed by atoms with van der Waals surface area (Å²) in [7, 11) is -2.13. The molecule has 0 fully saturated rings. The highest BCUT2D eigenvalue weighted by Crippen LogP contribution is 2.33. The second-order valence-corrected chi connectivity index (χ2v) is 11.0. The molecule has 11 nitrogen and oxygen atoms in total. The van der Waals surface area contributed by atoms with Crippen LogP contribution in [0.5, 0.6) is 17.2 Å². The van der Waals surface area contributed by atoms with Crippen LogP contribution in [0.25, 0.3) is 6.08 Å². The molecule has 2 aromatic carbocycles. The molecule has 13 heteroatoms. The van der Waals surface area contributed by atoms with Crippen LogP contribution in [0.1, 0.15) is 29.8 Å². The number of carbonyl (C=O) groups excluding carboxylic acids is 2. The molecule has 192 valence electrons. The van der Waals surface area contributed by atoms with E-state index in [0.29, 0.717) is 11.3 Å². The number of nitrogens with zero attached hydrogens (tertiary/aromatic N) is 3. The van der Waals surface area contributed by atoms with Crippen molar-refractivity contribution in [3.8, 4) is 17.2 Å². The topological polar surface area (TPSA) is 148 Å². The van der Waals surface area contributed by atoms with Gasteiger partial charge in [0.15, 0.2) is 17.3 Å². The molecule has 0 bridgehead atoms. The number of esters is 1. The third-order valence-electron chi connectivity index (χ3n) is 5.17. The van der Waals surface area contributed by atoms with Crippen LogP contribution in [0.2, 0.25) is 0 Å². The summed E-state index contributed by atoms with van der Waals surface area (Å²) in [5.41, 5.74) is 0.664. The molecule has 1 N–H and O–H groups in total. The molecule has 0 saturated carbocycles. The number of rotatable bonds is 7. The maximum atomic E-state index is 12.7. The summed E-state index contributed by atoms with van der Waals surface area (Å²) in [5, 5.41) is 13.4. The number of benzene rings is 2. The van der Waals surface area contributed by atoms with Gasteiger partial charge in [0, 0.05) is 0 Å². The number of amides is 1. The molecule has 1 amide bonds. The average molecular weight is 543 g/mol. The molecule has 4 rings (SSSR count). The van der Waals surface area contributed by atoms with E-state index in [2.05, 4.69) is 10.1 Å². The second-order valence-electron chi connectivity index (χ2n) is 7.55. The van der Waals surface area contributed by atoms with Gasteiger partial charge in [0.05, 0.1) is 30.6 Å². The predicted molar refractivity (Wildman–Crippen MR) is 140 cm³/mol. The number of thioether (sulfide) groups is 1. The third-order valence-corrected chi connectivity index (χ3v) is 8.26. The molecule has 2 aliphatic heterocycles. The SMILES string of the molecule is CCOc1cc(C=C2C(=N)N3N=C(S(=O)(=O)CC)SC3=NC2=O)ccc1OC(=O)c1cccc(OC)c1. The van der Waals surface area contributed by atoms with Crippen LogP contribution in [0.15, 0.2) is 58.1 Å². The molecule has 0 saturated heterocycles. The van der Waals surface area contributed by atoms with Gasteiger partial charge in [0.25, 0.3) is 5.91 Å². The summed E-state index contributed by atoms with van der Waals surface area (Å²) < 4.78 is 40.4. The minimum Gasteiger partial charge on any atom is -0.497 e. The average Bonchev–Trinajstić information content (AvgIpc) is 3.33. The fourth-order valence-electron chi connectivity index (χ4n) is 3.27. The lowest BCUT2D eigenvalue weighted by Crippen LogP contribution is -2.35. The quantitative estimate of drug-likeness (QED) is 0.316. The molecule has 0 unspecified atom stereocenters. The zero-order valence-corrected chi connectivity index (χ0v) is 21.7. The number of hydrazone groups is 1. The summed E-state index contributed by atoms with van der Waals surface area (Å²) in [6, 6.07) is 11.2. The van der Waals surface area contributed by atoms with Crippen molar-refractivity contribution in [3.05, 3.63) is 59.2 Å². The Morgan fingerprint density at radius 2 is 1.95 bits per heavy atom. The number of fused-ring (bicyclic) bond motifs is 1. The van der Waals surface area contributed by atoms with E-state index in [4.69, 9.17) is 19.6 Å². The molecular weight excluding hydrogens is 520 g/mol. The first kappa shape index (κ1) is 26.1. The van der Waals surface area contributed by atoms with E-state index in [1.165, 1.54) is 26.2 Å². The van der Waals surface area contributed by atoms with Crippen molar-refractivity contribution >= 4 is 54.9 Å². The van der Waals surface area contributed by atoms with Crippen LogP contribution in [0.4, 0.5) is 0 Å². The largest absolute Gasteiger partial charge is 0.497 e. The number of carbonyl (C=O) groups is 2. The number of ether oxygens (including phenoxy) is 3. The Morgan fingerprint density at radius 3 is 2.65 bits per heavy atom. The highest BCUT2D eigenvalue weighted by atomic mass is 32.3. The normalized spacial score (nSPS) is 16.3. The number of hydrogen-bond acceptors (Lipinski definition) is 10. The van der Waals surface area contributed by atoms with Crippen LogP contribution < -0.4 is 14.2 Å². The van der Waals surface area contributed by atoms with Gasteiger partial charge in [0.2, 0.25) is 19.4 Å². The van der Waals surface area contributed by atoms with Gasteiger partial charge >= 0.3 is 5.97 Å². The van der Waals surface area contributed by atoms with Crippen LogP contribution in [-0.4, -0.2) is 60.2 Å². The monoisotopic (exact) mass is 542 g/mol. The summed E-state index contributed by atoms with van der Waals surface area (Å²) in [6.07, 6.45) is 1.41. The minimum absolute atomic E-state index is 0.00832. The predicted octanol–water partition coefficient (Wildman–Crippen LogP) is 3.32. The zero-order chi connectivity index (χ0) is 26.7. The van der Waals surface area contributed by atoms with E-state index in [-0.39, 0.29) is 50.4 Å². The van der Waals surface area contributed by atoms with Crippen molar-refractivity contribution in [1.82, 2.24) is 5.01 Å². The van der Waals surface area contributed by atoms with E-state index < -0.39 is 21.7 Å². The van der Waals surface area contributed by atoms with Gasteiger partial charge in [-0.25, -0.2) is 13.2 Å². The van der Waals surface area contributed by atoms with Crippen LogP contribution >= 0.6 is 11.8 Å². The number of amidine groups is 2. The van der Waals surface area contributed by atoms with Crippen LogP contribution in [-0.2, 0) is 14.6 Å². The van der Waals surface area contributed by atoms with Gasteiger partial charge in [0.1, 0.15) is 5.75 Å². The minimum atomic E-state index is -3.63. The number of hydrogen-bond donors (Lipinski definition) is 1. The molecule has 0 spiro atoms. The van der Waals surface area contributed by atoms with Crippen molar-refractivity contribution in [2.45, 2.75) is 13.8 Å². The zero-order valence-electron chi connectivity index (χ0n) is 20.0. The molecule has 0 aromatic heterocycles. The van der Waals surface area contributed by atoms with Gasteiger partial charge in [-0.1, -0.05) is 19.1 Å². The van der Waals surface area contributed by atoms with E-state index in [1.807, 2.05) is 0 Å². The fraction of sp³-hybridized carbons (Fsp3) is 0.208. The van der Waals surface area contributed by atoms with Gasteiger partial charge in [-0.2, -0.15) is 10.0 Å². The fourth-order valence-corrected chi connectivity index (χ4v) is 5.43. The number of sulfone groups is 1. The first-order valence-corrected chi connectivity index (χ1v) is 13.5. The van der Waals surface area contributed by atoms with E-state index in [0.717, 1.165) is 16.8 Å². The first-order valence-electron chi connectivity index (χ1n) is 11.0. The lowest BCUT2D eigenvalue weighted by atomic mass is 10.1. The molecule has 0 atom stereocenters. The Morgan fingerprint density at radius 1 is 1.16 bits per heavy atom. The molecule has 2 aromatic rings. The molecule has 0 radical (unpaired) electrons. The summed E-state index contributed by atoms with van der Waals surface area (Å²) in [5.74, 6) is -0.878. The smallest absolute Gasteiger partial charge is 0.343 e. The Bertz CT molecular complexity index is 1500. The Labute approximate surface area is 217 Å².